The molecule has 0 saturated carbocycles. The fourth-order valence-electron chi connectivity index (χ4n) is 3.60. The number of carbonyl (C=O) groups is 1. The lowest BCUT2D eigenvalue weighted by molar-refractivity contribution is 0.0978. The summed E-state index contributed by atoms with van der Waals surface area (Å²) in [6, 6.07) is 24.1. The molecule has 0 aliphatic rings. The Kier molecular flexibility index (Phi) is 5.88. The Hall–Kier alpha value is -3.94. The van der Waals surface area contributed by atoms with Crippen LogP contribution in [0.1, 0.15) is 10.4 Å². The van der Waals surface area contributed by atoms with Crippen molar-refractivity contribution in [1.82, 2.24) is 10.3 Å². The average Bonchev–Trinajstić information content (AvgIpc) is 3.27. The predicted octanol–water partition coefficient (Wildman–Crippen LogP) is 6.44. The first-order chi connectivity index (χ1) is 16.5. The van der Waals surface area contributed by atoms with Gasteiger partial charge in [0.05, 0.1) is 12.1 Å². The van der Waals surface area contributed by atoms with Crippen LogP contribution in [0.25, 0.3) is 33.3 Å². The first kappa shape index (κ1) is 21.9. The van der Waals surface area contributed by atoms with Gasteiger partial charge in [0.25, 0.3) is 5.91 Å². The molecule has 1 aromatic heterocycles. The molecule has 168 valence electrons. The molecule has 1 amide bonds. The molecule has 0 aliphatic carbocycles. The molecule has 8 heteroatoms. The van der Waals surface area contributed by atoms with Crippen LogP contribution in [0.5, 0.6) is 5.75 Å². The zero-order chi connectivity index (χ0) is 23.7. The molecular formula is C26H18ClN3O3S. The van der Waals surface area contributed by atoms with Crippen molar-refractivity contribution in [1.29, 1.82) is 0 Å². The first-order valence-corrected chi connectivity index (χ1v) is 11.1. The van der Waals surface area contributed by atoms with Crippen molar-refractivity contribution in [3.8, 4) is 17.2 Å². The highest BCUT2D eigenvalue weighted by Gasteiger charge is 2.13. The fraction of sp³-hybridized carbons (Fsp3) is 0.0385. The van der Waals surface area contributed by atoms with E-state index in [9.17, 15) is 4.79 Å². The van der Waals surface area contributed by atoms with Crippen molar-refractivity contribution in [2.75, 3.05) is 12.4 Å². The normalized spacial score (nSPS) is 10.9. The maximum atomic E-state index is 12.6. The number of carbonyl (C=O) groups excluding carboxylic acids is 1. The number of halogens is 1. The summed E-state index contributed by atoms with van der Waals surface area (Å²) in [5, 5.41) is 8.45. The lowest BCUT2D eigenvalue weighted by atomic mass is 10.1. The van der Waals surface area contributed by atoms with Crippen LogP contribution in [0.15, 0.2) is 83.3 Å². The van der Waals surface area contributed by atoms with Crippen molar-refractivity contribution in [3.05, 3.63) is 89.4 Å². The van der Waals surface area contributed by atoms with Crippen molar-refractivity contribution < 1.29 is 13.9 Å². The minimum atomic E-state index is -0.288. The van der Waals surface area contributed by atoms with Crippen molar-refractivity contribution >= 4 is 62.4 Å². The Morgan fingerprint density at radius 1 is 1.00 bits per heavy atom. The first-order valence-electron chi connectivity index (χ1n) is 10.4. The average molecular weight is 488 g/mol. The van der Waals surface area contributed by atoms with Gasteiger partial charge in [0, 0.05) is 16.8 Å². The molecule has 34 heavy (non-hydrogen) atoms. The number of oxazole rings is 1. The highest BCUT2D eigenvalue weighted by atomic mass is 35.5. The number of anilines is 1. The zero-order valence-electron chi connectivity index (χ0n) is 18.0. The zero-order valence-corrected chi connectivity index (χ0v) is 19.5. The monoisotopic (exact) mass is 487 g/mol. The number of hydrogen-bond donors (Lipinski definition) is 2. The van der Waals surface area contributed by atoms with E-state index in [-0.39, 0.29) is 11.0 Å². The quantitative estimate of drug-likeness (QED) is 0.284. The Bertz CT molecular complexity index is 1560. The largest absolute Gasteiger partial charge is 0.495 e. The van der Waals surface area contributed by atoms with Crippen molar-refractivity contribution in [2.24, 2.45) is 0 Å². The second-order valence-electron chi connectivity index (χ2n) is 7.52. The third kappa shape index (κ3) is 4.44. The number of amides is 1. The van der Waals surface area contributed by atoms with Gasteiger partial charge >= 0.3 is 0 Å². The Labute approximate surface area is 205 Å². The fourth-order valence-corrected chi connectivity index (χ4v) is 4.06. The van der Waals surface area contributed by atoms with Crippen LogP contribution >= 0.6 is 23.8 Å². The minimum absolute atomic E-state index is 0.183. The topological polar surface area (TPSA) is 76.4 Å². The summed E-state index contributed by atoms with van der Waals surface area (Å²) in [7, 11) is 1.56. The summed E-state index contributed by atoms with van der Waals surface area (Å²) in [5.74, 6) is 0.723. The molecule has 5 rings (SSSR count). The molecule has 6 nitrogen and oxygen atoms in total. The number of fused-ring (bicyclic) bond motifs is 2. The molecule has 0 fully saturated rings. The highest BCUT2D eigenvalue weighted by molar-refractivity contribution is 7.80. The van der Waals surface area contributed by atoms with Crippen LogP contribution in [0.2, 0.25) is 5.02 Å². The van der Waals surface area contributed by atoms with Crippen LogP contribution in [-0.2, 0) is 0 Å². The molecule has 0 saturated heterocycles. The molecular weight excluding hydrogens is 470 g/mol. The minimum Gasteiger partial charge on any atom is -0.495 e. The number of aromatic nitrogens is 1. The maximum Gasteiger partial charge on any atom is 0.257 e. The van der Waals surface area contributed by atoms with Crippen LogP contribution in [-0.4, -0.2) is 23.1 Å². The van der Waals surface area contributed by atoms with E-state index in [0.717, 1.165) is 16.3 Å². The predicted molar refractivity (Wildman–Crippen MR) is 139 cm³/mol. The van der Waals surface area contributed by atoms with Gasteiger partial charge < -0.3 is 14.5 Å². The lowest BCUT2D eigenvalue weighted by Gasteiger charge is -2.10. The second kappa shape index (κ2) is 9.13. The molecule has 1 heterocycles. The van der Waals surface area contributed by atoms with E-state index in [2.05, 4.69) is 15.6 Å². The smallest absolute Gasteiger partial charge is 0.257 e. The van der Waals surface area contributed by atoms with E-state index in [1.807, 2.05) is 42.5 Å². The Morgan fingerprint density at radius 2 is 1.82 bits per heavy atom. The number of rotatable bonds is 4. The second-order valence-corrected chi connectivity index (χ2v) is 8.34. The van der Waals surface area contributed by atoms with Crippen LogP contribution in [0.4, 0.5) is 5.69 Å². The Morgan fingerprint density at radius 3 is 2.62 bits per heavy atom. The molecule has 2 N–H and O–H groups in total. The molecule has 0 atom stereocenters. The lowest BCUT2D eigenvalue weighted by Crippen LogP contribution is -2.34. The summed E-state index contributed by atoms with van der Waals surface area (Å²) >= 11 is 11.6. The molecule has 5 aromatic rings. The van der Waals surface area contributed by atoms with Crippen molar-refractivity contribution in [3.63, 3.8) is 0 Å². The van der Waals surface area contributed by atoms with Crippen LogP contribution in [0.3, 0.4) is 0 Å². The number of nitrogens with zero attached hydrogens (tertiary/aromatic N) is 1. The summed E-state index contributed by atoms with van der Waals surface area (Å²) in [4.78, 5) is 17.2. The SMILES string of the molecule is COc1ccc(-c2nc3cc(NC(=S)NC(=O)c4ccc5ccccc5c4)ccc3o2)cc1Cl. The number of benzene rings is 4. The number of ether oxygens (including phenoxy) is 1. The number of methoxy groups -OCH3 is 1. The maximum absolute atomic E-state index is 12.6. The summed E-state index contributed by atoms with van der Waals surface area (Å²) in [5.41, 5.74) is 3.17. The van der Waals surface area contributed by atoms with Gasteiger partial charge in [0.2, 0.25) is 5.89 Å². The van der Waals surface area contributed by atoms with Gasteiger partial charge in [-0.1, -0.05) is 41.9 Å². The highest BCUT2D eigenvalue weighted by Crippen LogP contribution is 2.32. The van der Waals surface area contributed by atoms with Crippen LogP contribution < -0.4 is 15.4 Å². The van der Waals surface area contributed by atoms with Gasteiger partial charge in [-0.3, -0.25) is 10.1 Å². The molecule has 0 bridgehead atoms. The van der Waals surface area contributed by atoms with E-state index in [0.29, 0.717) is 39.0 Å². The number of nitrogens with one attached hydrogen (secondary N) is 2. The summed E-state index contributed by atoms with van der Waals surface area (Å²) in [6.45, 7) is 0. The summed E-state index contributed by atoms with van der Waals surface area (Å²) < 4.78 is 11.0. The van der Waals surface area contributed by atoms with E-state index < -0.39 is 0 Å². The molecule has 0 unspecified atom stereocenters. The third-order valence-corrected chi connectivity index (χ3v) is 5.78. The third-order valence-electron chi connectivity index (χ3n) is 5.28. The van der Waals surface area contributed by atoms with E-state index in [1.54, 1.807) is 43.5 Å². The Balaban J connectivity index is 1.30. The van der Waals surface area contributed by atoms with Gasteiger partial charge in [-0.25, -0.2) is 4.98 Å². The van der Waals surface area contributed by atoms with E-state index >= 15 is 0 Å². The van der Waals surface area contributed by atoms with Gasteiger partial charge in [0.15, 0.2) is 10.7 Å². The molecule has 4 aromatic carbocycles. The van der Waals surface area contributed by atoms with Gasteiger partial charge in [0.1, 0.15) is 11.3 Å². The summed E-state index contributed by atoms with van der Waals surface area (Å²) in [6.07, 6.45) is 0. The van der Waals surface area contributed by atoms with Crippen molar-refractivity contribution in [2.45, 2.75) is 0 Å². The number of hydrogen-bond acceptors (Lipinski definition) is 5. The number of thiocarbonyl (C=S) groups is 1. The molecule has 0 spiro atoms. The van der Waals surface area contributed by atoms with Crippen LogP contribution in [0, 0.1) is 0 Å². The van der Waals surface area contributed by atoms with Gasteiger partial charge in [-0.2, -0.15) is 0 Å². The molecule has 0 radical (unpaired) electrons. The standard InChI is InChI=1S/C26H18ClN3O3S/c1-32-22-10-8-18(13-20(22)27)25-29-21-14-19(9-11-23(21)33-25)28-26(34)30-24(31)17-7-6-15-4-2-3-5-16(15)12-17/h2-14H,1H3,(H2,28,30,31,34). The van der Waals surface area contributed by atoms with Gasteiger partial charge in [-0.15, -0.1) is 0 Å². The molecule has 0 aliphatic heterocycles. The van der Waals surface area contributed by atoms with Gasteiger partial charge in [-0.05, 0) is 71.5 Å². The van der Waals surface area contributed by atoms with E-state index in [4.69, 9.17) is 33.0 Å². The van der Waals surface area contributed by atoms with E-state index in [1.165, 1.54) is 0 Å².